The average molecular weight is 359 g/mol. The standard InChI is InChI=1S/C17H15ClN4OS/c18-13-5-10-24-15(13)16-19-14-4-2-1-3-12(14)17(20-16)22-8-6-21(11-23)7-9-22/h1-5,10-11H,6-9H2. The minimum absolute atomic E-state index is 0.654. The number of aromatic nitrogens is 2. The zero-order valence-corrected chi connectivity index (χ0v) is 14.4. The Kier molecular flexibility index (Phi) is 4.08. The van der Waals surface area contributed by atoms with Gasteiger partial charge in [0.25, 0.3) is 0 Å². The first-order valence-corrected chi connectivity index (χ1v) is 8.96. The first-order chi connectivity index (χ1) is 11.8. The molecule has 0 N–H and O–H groups in total. The molecule has 4 rings (SSSR count). The summed E-state index contributed by atoms with van der Waals surface area (Å²) in [6.07, 6.45) is 0.909. The maximum Gasteiger partial charge on any atom is 0.209 e. The highest BCUT2D eigenvalue weighted by Crippen LogP contribution is 2.34. The van der Waals surface area contributed by atoms with Crippen LogP contribution in [0, 0.1) is 0 Å². The van der Waals surface area contributed by atoms with Crippen molar-refractivity contribution in [2.45, 2.75) is 0 Å². The average Bonchev–Trinajstić information content (AvgIpc) is 3.07. The van der Waals surface area contributed by atoms with E-state index in [1.54, 1.807) is 16.2 Å². The third-order valence-electron chi connectivity index (χ3n) is 4.17. The molecule has 1 fully saturated rings. The lowest BCUT2D eigenvalue weighted by atomic mass is 10.2. The largest absolute Gasteiger partial charge is 0.352 e. The first kappa shape index (κ1) is 15.4. The molecule has 1 aliphatic heterocycles. The molecular weight excluding hydrogens is 344 g/mol. The number of hydrogen-bond acceptors (Lipinski definition) is 5. The van der Waals surface area contributed by atoms with Crippen LogP contribution in [0.3, 0.4) is 0 Å². The van der Waals surface area contributed by atoms with E-state index < -0.39 is 0 Å². The van der Waals surface area contributed by atoms with Gasteiger partial charge >= 0.3 is 0 Å². The van der Waals surface area contributed by atoms with Gasteiger partial charge in [0.2, 0.25) is 6.41 Å². The number of rotatable bonds is 3. The van der Waals surface area contributed by atoms with Crippen LogP contribution in [0.2, 0.25) is 5.02 Å². The smallest absolute Gasteiger partial charge is 0.209 e. The van der Waals surface area contributed by atoms with E-state index in [9.17, 15) is 4.79 Å². The van der Waals surface area contributed by atoms with Crippen LogP contribution in [0.4, 0.5) is 5.82 Å². The van der Waals surface area contributed by atoms with Gasteiger partial charge in [-0.15, -0.1) is 11.3 Å². The van der Waals surface area contributed by atoms with Gasteiger partial charge in [0, 0.05) is 31.6 Å². The lowest BCUT2D eigenvalue weighted by molar-refractivity contribution is -0.118. The highest BCUT2D eigenvalue weighted by atomic mass is 35.5. The number of carbonyl (C=O) groups excluding carboxylic acids is 1. The Morgan fingerprint density at radius 3 is 2.58 bits per heavy atom. The number of amides is 1. The first-order valence-electron chi connectivity index (χ1n) is 7.71. The van der Waals surface area contributed by atoms with E-state index >= 15 is 0 Å². The van der Waals surface area contributed by atoms with Crippen LogP contribution in [0.25, 0.3) is 21.6 Å². The van der Waals surface area contributed by atoms with Crippen molar-refractivity contribution in [3.63, 3.8) is 0 Å². The number of anilines is 1. The van der Waals surface area contributed by atoms with E-state index in [0.717, 1.165) is 41.1 Å². The Morgan fingerprint density at radius 1 is 1.08 bits per heavy atom. The Hall–Kier alpha value is -2.18. The van der Waals surface area contributed by atoms with Crippen LogP contribution >= 0.6 is 22.9 Å². The van der Waals surface area contributed by atoms with Crippen LogP contribution in [-0.2, 0) is 4.79 Å². The molecule has 1 aliphatic rings. The Labute approximate surface area is 148 Å². The normalized spacial score (nSPS) is 15.0. The number of piperazine rings is 1. The molecule has 0 spiro atoms. The molecule has 0 unspecified atom stereocenters. The molecule has 7 heteroatoms. The second kappa shape index (κ2) is 6.37. The lowest BCUT2D eigenvalue weighted by Gasteiger charge is -2.34. The molecule has 0 bridgehead atoms. The summed E-state index contributed by atoms with van der Waals surface area (Å²) in [5.41, 5.74) is 0.903. The molecular formula is C17H15ClN4OS. The molecule has 1 saturated heterocycles. The van der Waals surface area contributed by atoms with Crippen LogP contribution < -0.4 is 4.90 Å². The van der Waals surface area contributed by atoms with E-state index in [1.807, 2.05) is 35.7 Å². The summed E-state index contributed by atoms with van der Waals surface area (Å²) in [7, 11) is 0. The van der Waals surface area contributed by atoms with Crippen molar-refractivity contribution in [2.24, 2.45) is 0 Å². The van der Waals surface area contributed by atoms with Gasteiger partial charge in [-0.2, -0.15) is 0 Å². The van der Waals surface area contributed by atoms with Gasteiger partial charge in [0.1, 0.15) is 5.82 Å². The number of para-hydroxylation sites is 1. The van der Waals surface area contributed by atoms with Gasteiger partial charge in [-0.25, -0.2) is 9.97 Å². The summed E-state index contributed by atoms with van der Waals surface area (Å²) >= 11 is 7.81. The maximum atomic E-state index is 10.9. The Morgan fingerprint density at radius 2 is 1.88 bits per heavy atom. The van der Waals surface area contributed by atoms with Crippen LogP contribution in [0.1, 0.15) is 0 Å². The monoisotopic (exact) mass is 358 g/mol. The van der Waals surface area contributed by atoms with Gasteiger partial charge in [0.05, 0.1) is 15.4 Å². The minimum Gasteiger partial charge on any atom is -0.352 e. The van der Waals surface area contributed by atoms with Gasteiger partial charge in [-0.1, -0.05) is 23.7 Å². The second-order valence-corrected chi connectivity index (χ2v) is 6.94. The third-order valence-corrected chi connectivity index (χ3v) is 5.50. The summed E-state index contributed by atoms with van der Waals surface area (Å²) in [5, 5.41) is 3.64. The van der Waals surface area contributed by atoms with E-state index in [-0.39, 0.29) is 0 Å². The number of nitrogens with zero attached hydrogens (tertiary/aromatic N) is 4. The SMILES string of the molecule is O=CN1CCN(c2nc(-c3sccc3Cl)nc3ccccc23)CC1. The number of thiophene rings is 1. The van der Waals surface area contributed by atoms with Gasteiger partial charge in [0.15, 0.2) is 5.82 Å². The van der Waals surface area contributed by atoms with Crippen LogP contribution in [-0.4, -0.2) is 47.5 Å². The van der Waals surface area contributed by atoms with E-state index in [0.29, 0.717) is 23.9 Å². The Bertz CT molecular complexity index is 889. The zero-order valence-electron chi connectivity index (χ0n) is 12.9. The highest BCUT2D eigenvalue weighted by Gasteiger charge is 2.21. The number of benzene rings is 1. The fourth-order valence-corrected chi connectivity index (χ4v) is 3.97. The second-order valence-electron chi connectivity index (χ2n) is 5.61. The molecule has 1 amide bonds. The predicted octanol–water partition coefficient (Wildman–Crippen LogP) is 3.29. The van der Waals surface area contributed by atoms with E-state index in [4.69, 9.17) is 16.6 Å². The van der Waals surface area contributed by atoms with Crippen molar-refractivity contribution in [3.05, 3.63) is 40.7 Å². The molecule has 1 aromatic carbocycles. The number of fused-ring (bicyclic) bond motifs is 1. The Balaban J connectivity index is 1.81. The quantitative estimate of drug-likeness (QED) is 0.674. The van der Waals surface area contributed by atoms with Crippen molar-refractivity contribution in [2.75, 3.05) is 31.1 Å². The summed E-state index contributed by atoms with van der Waals surface area (Å²) in [6, 6.07) is 9.87. The van der Waals surface area contributed by atoms with Gasteiger partial charge in [-0.05, 0) is 23.6 Å². The molecule has 0 aliphatic carbocycles. The molecule has 5 nitrogen and oxygen atoms in total. The molecule has 24 heavy (non-hydrogen) atoms. The van der Waals surface area contributed by atoms with Crippen molar-refractivity contribution in [1.29, 1.82) is 0 Å². The molecule has 122 valence electrons. The zero-order chi connectivity index (χ0) is 16.5. The highest BCUT2D eigenvalue weighted by molar-refractivity contribution is 7.14. The van der Waals surface area contributed by atoms with Crippen LogP contribution in [0.15, 0.2) is 35.7 Å². The molecule has 3 heterocycles. The van der Waals surface area contributed by atoms with Crippen LogP contribution in [0.5, 0.6) is 0 Å². The maximum absolute atomic E-state index is 10.9. The summed E-state index contributed by atoms with van der Waals surface area (Å²) < 4.78 is 0. The lowest BCUT2D eigenvalue weighted by Crippen LogP contribution is -2.46. The van der Waals surface area contributed by atoms with Crippen molar-refractivity contribution >= 4 is 46.1 Å². The van der Waals surface area contributed by atoms with Crippen molar-refractivity contribution in [3.8, 4) is 10.7 Å². The minimum atomic E-state index is 0.654. The molecule has 0 radical (unpaired) electrons. The number of carbonyl (C=O) groups is 1. The summed E-state index contributed by atoms with van der Waals surface area (Å²) in [5.74, 6) is 1.56. The molecule has 0 atom stereocenters. The fourth-order valence-electron chi connectivity index (χ4n) is 2.89. The third kappa shape index (κ3) is 2.72. The fraction of sp³-hybridized carbons (Fsp3) is 0.235. The molecule has 2 aromatic heterocycles. The van der Waals surface area contributed by atoms with E-state index in [1.165, 1.54) is 0 Å². The van der Waals surface area contributed by atoms with Crippen molar-refractivity contribution < 1.29 is 4.79 Å². The van der Waals surface area contributed by atoms with Crippen molar-refractivity contribution in [1.82, 2.24) is 14.9 Å². The van der Waals surface area contributed by atoms with Gasteiger partial charge < -0.3 is 9.80 Å². The molecule has 0 saturated carbocycles. The number of halogens is 1. The van der Waals surface area contributed by atoms with E-state index in [2.05, 4.69) is 9.88 Å². The summed E-state index contributed by atoms with van der Waals surface area (Å²) in [4.78, 5) is 25.3. The topological polar surface area (TPSA) is 49.3 Å². The number of hydrogen-bond donors (Lipinski definition) is 0. The predicted molar refractivity (Wildman–Crippen MR) is 97.7 cm³/mol. The van der Waals surface area contributed by atoms with Gasteiger partial charge in [-0.3, -0.25) is 4.79 Å². The summed E-state index contributed by atoms with van der Waals surface area (Å²) in [6.45, 7) is 2.93. The molecule has 3 aromatic rings.